The Morgan fingerprint density at radius 1 is 0.310 bits per heavy atom. The summed E-state index contributed by atoms with van der Waals surface area (Å²) in [6.45, 7) is 2.23. The summed E-state index contributed by atoms with van der Waals surface area (Å²) in [5.41, 5.74) is 22.2. The lowest BCUT2D eigenvalue weighted by molar-refractivity contribution is 0.794. The van der Waals surface area contributed by atoms with Gasteiger partial charge in [-0.1, -0.05) is 206 Å². The van der Waals surface area contributed by atoms with E-state index in [1.54, 1.807) is 0 Å². The number of benzene rings is 10. The maximum absolute atomic E-state index is 5.44. The van der Waals surface area contributed by atoms with Gasteiger partial charge in [-0.15, -0.1) is 0 Å². The first-order valence-corrected chi connectivity index (χ1v) is 24.2. The summed E-state index contributed by atoms with van der Waals surface area (Å²) < 4.78 is 2.33. The molecule has 2 aromatic heterocycles. The van der Waals surface area contributed by atoms with Gasteiger partial charge in [-0.2, -0.15) is 0 Å². The van der Waals surface area contributed by atoms with E-state index in [0.717, 1.165) is 44.8 Å². The first-order chi connectivity index (χ1) is 35.1. The highest BCUT2D eigenvalue weighted by atomic mass is 15.1. The number of nitrogens with zero attached hydrogens (tertiary/aromatic N) is 5. The molecule has 2 aliphatic carbocycles. The summed E-state index contributed by atoms with van der Waals surface area (Å²) in [7, 11) is 0. The molecule has 0 radical (unpaired) electrons. The molecule has 0 fully saturated rings. The molecule has 0 amide bonds. The third kappa shape index (κ3) is 6.33. The topological polar surface area (TPSA) is 56.5 Å². The summed E-state index contributed by atoms with van der Waals surface area (Å²) in [5, 5.41) is 0. The Morgan fingerprint density at radius 3 is 1.32 bits per heavy atom. The van der Waals surface area contributed by atoms with Crippen LogP contribution in [0.3, 0.4) is 0 Å². The standard InChI is InChI=1S/C66H43N5/c1-42-50(43-18-5-2-6-19-43)26-17-27-51(42)44-32-36-49(37-33-44)71-61-31-16-15-30-60(61)67-65(71)48-35-39-55-54-38-34-47(64-69-62(45-20-7-3-8-21-45)68-63(70-64)46-22-9-4-10-23-46)40-58(54)66(59(55)41-48)56-28-13-11-24-52(56)53-25-12-14-29-57(53)66/h2-41H,1H3. The minimum Gasteiger partial charge on any atom is -0.292 e. The maximum Gasteiger partial charge on any atom is 0.164 e. The van der Waals surface area contributed by atoms with Crippen molar-refractivity contribution in [3.63, 3.8) is 0 Å². The molecule has 5 nitrogen and oxygen atoms in total. The van der Waals surface area contributed by atoms with Crippen molar-refractivity contribution in [2.75, 3.05) is 0 Å². The molecule has 0 unspecified atom stereocenters. The Bertz CT molecular complexity index is 3940. The van der Waals surface area contributed by atoms with Gasteiger partial charge in [0.2, 0.25) is 0 Å². The van der Waals surface area contributed by atoms with E-state index >= 15 is 0 Å². The van der Waals surface area contributed by atoms with Crippen molar-refractivity contribution in [2.45, 2.75) is 12.3 Å². The Balaban J connectivity index is 0.947. The SMILES string of the molecule is Cc1c(-c2ccccc2)cccc1-c1ccc(-n2c(-c3ccc4c(c3)C3(c5ccccc5-c5ccccc53)c3cc(-c5nc(-c6ccccc6)nc(-c6ccccc6)n5)ccc3-4)nc3ccccc32)cc1. The second-order valence-corrected chi connectivity index (χ2v) is 18.6. The number of aromatic nitrogens is 5. The van der Waals surface area contributed by atoms with Crippen LogP contribution in [0.5, 0.6) is 0 Å². The molecule has 0 saturated carbocycles. The summed E-state index contributed by atoms with van der Waals surface area (Å²) >= 11 is 0. The van der Waals surface area contributed by atoms with Crippen molar-refractivity contribution >= 4 is 11.0 Å². The van der Waals surface area contributed by atoms with E-state index in [1.165, 1.54) is 72.3 Å². The monoisotopic (exact) mass is 905 g/mol. The van der Waals surface area contributed by atoms with E-state index in [0.29, 0.717) is 17.5 Å². The van der Waals surface area contributed by atoms with Crippen LogP contribution in [0.1, 0.15) is 27.8 Å². The van der Waals surface area contributed by atoms with Gasteiger partial charge in [0.1, 0.15) is 5.82 Å². The van der Waals surface area contributed by atoms with Gasteiger partial charge in [-0.05, 0) is 116 Å². The van der Waals surface area contributed by atoms with Crippen molar-refractivity contribution in [2.24, 2.45) is 0 Å². The molecule has 332 valence electrons. The van der Waals surface area contributed by atoms with Crippen LogP contribution in [0.2, 0.25) is 0 Å². The number of para-hydroxylation sites is 2. The van der Waals surface area contributed by atoms with Crippen molar-refractivity contribution in [3.05, 3.63) is 270 Å². The molecular weight excluding hydrogens is 863 g/mol. The average Bonchev–Trinajstić information content (AvgIpc) is 4.08. The van der Waals surface area contributed by atoms with Gasteiger partial charge >= 0.3 is 0 Å². The fourth-order valence-electron chi connectivity index (χ4n) is 11.5. The van der Waals surface area contributed by atoms with Crippen LogP contribution in [0, 0.1) is 6.92 Å². The third-order valence-electron chi connectivity index (χ3n) is 14.7. The summed E-state index contributed by atoms with van der Waals surface area (Å²) in [5.74, 6) is 2.80. The predicted octanol–water partition coefficient (Wildman–Crippen LogP) is 15.9. The molecule has 12 aromatic rings. The van der Waals surface area contributed by atoms with Crippen LogP contribution in [-0.2, 0) is 5.41 Å². The third-order valence-corrected chi connectivity index (χ3v) is 14.7. The quantitative estimate of drug-likeness (QED) is 0.160. The second-order valence-electron chi connectivity index (χ2n) is 18.6. The van der Waals surface area contributed by atoms with Gasteiger partial charge in [0.05, 0.1) is 16.4 Å². The largest absolute Gasteiger partial charge is 0.292 e. The molecule has 14 rings (SSSR count). The Labute approximate surface area is 412 Å². The van der Waals surface area contributed by atoms with E-state index in [9.17, 15) is 0 Å². The molecule has 2 aliphatic rings. The highest BCUT2D eigenvalue weighted by Gasteiger charge is 2.52. The first kappa shape index (κ1) is 40.7. The summed E-state index contributed by atoms with van der Waals surface area (Å²) in [6, 6.07) is 86.8. The molecule has 0 atom stereocenters. The lowest BCUT2D eigenvalue weighted by Gasteiger charge is -2.31. The number of hydrogen-bond acceptors (Lipinski definition) is 4. The zero-order chi connectivity index (χ0) is 47.0. The minimum absolute atomic E-state index is 0.630. The summed E-state index contributed by atoms with van der Waals surface area (Å²) in [4.78, 5) is 20.9. The van der Waals surface area contributed by atoms with Crippen LogP contribution in [0.25, 0.3) is 107 Å². The average molecular weight is 906 g/mol. The van der Waals surface area contributed by atoms with Crippen LogP contribution in [-0.4, -0.2) is 24.5 Å². The van der Waals surface area contributed by atoms with Gasteiger partial charge in [-0.3, -0.25) is 4.57 Å². The van der Waals surface area contributed by atoms with Crippen LogP contribution >= 0.6 is 0 Å². The lowest BCUT2D eigenvalue weighted by Crippen LogP contribution is -2.26. The fraction of sp³-hybridized carbons (Fsp3) is 0.0303. The molecule has 10 aromatic carbocycles. The van der Waals surface area contributed by atoms with E-state index in [1.807, 2.05) is 36.4 Å². The Morgan fingerprint density at radius 2 is 0.732 bits per heavy atom. The Kier molecular flexibility index (Phi) is 9.26. The zero-order valence-electron chi connectivity index (χ0n) is 38.8. The molecule has 0 saturated heterocycles. The second kappa shape index (κ2) is 16.2. The predicted molar refractivity (Wildman–Crippen MR) is 288 cm³/mol. The number of hydrogen-bond donors (Lipinski definition) is 0. The van der Waals surface area contributed by atoms with Crippen molar-refractivity contribution in [1.82, 2.24) is 24.5 Å². The molecule has 0 N–H and O–H groups in total. The normalized spacial score (nSPS) is 12.7. The van der Waals surface area contributed by atoms with Gasteiger partial charge in [0, 0.05) is 27.9 Å². The smallest absolute Gasteiger partial charge is 0.164 e. The van der Waals surface area contributed by atoms with Crippen LogP contribution < -0.4 is 0 Å². The Hall–Kier alpha value is -9.32. The van der Waals surface area contributed by atoms with Crippen molar-refractivity contribution in [3.8, 4) is 95.7 Å². The fourth-order valence-corrected chi connectivity index (χ4v) is 11.5. The number of rotatable bonds is 7. The maximum atomic E-state index is 5.44. The number of imidazole rings is 1. The minimum atomic E-state index is -0.633. The molecule has 1 spiro atoms. The van der Waals surface area contributed by atoms with E-state index in [-0.39, 0.29) is 0 Å². The number of fused-ring (bicyclic) bond motifs is 11. The molecular formula is C66H43N5. The zero-order valence-corrected chi connectivity index (χ0v) is 38.8. The van der Waals surface area contributed by atoms with E-state index < -0.39 is 5.41 Å². The highest BCUT2D eigenvalue weighted by molar-refractivity contribution is 5.97. The van der Waals surface area contributed by atoms with Gasteiger partial charge in [-0.25, -0.2) is 19.9 Å². The molecule has 0 aliphatic heterocycles. The van der Waals surface area contributed by atoms with Crippen molar-refractivity contribution < 1.29 is 0 Å². The highest BCUT2D eigenvalue weighted by Crippen LogP contribution is 2.63. The molecule has 71 heavy (non-hydrogen) atoms. The summed E-state index contributed by atoms with van der Waals surface area (Å²) in [6.07, 6.45) is 0. The van der Waals surface area contributed by atoms with Crippen LogP contribution in [0.15, 0.2) is 243 Å². The van der Waals surface area contributed by atoms with Crippen LogP contribution in [0.4, 0.5) is 0 Å². The van der Waals surface area contributed by atoms with Crippen molar-refractivity contribution in [1.29, 1.82) is 0 Å². The molecule has 2 heterocycles. The van der Waals surface area contributed by atoms with Gasteiger partial charge in [0.15, 0.2) is 17.5 Å². The molecule has 5 heteroatoms. The van der Waals surface area contributed by atoms with Gasteiger partial charge in [0.25, 0.3) is 0 Å². The van der Waals surface area contributed by atoms with E-state index in [4.69, 9.17) is 19.9 Å². The van der Waals surface area contributed by atoms with Gasteiger partial charge < -0.3 is 0 Å². The van der Waals surface area contributed by atoms with E-state index in [2.05, 4.69) is 218 Å². The molecule has 0 bridgehead atoms. The lowest BCUT2D eigenvalue weighted by atomic mass is 9.70. The first-order valence-electron chi connectivity index (χ1n) is 24.2.